The molecule has 7 heteroatoms. The van der Waals surface area contributed by atoms with Gasteiger partial charge < -0.3 is 29.4 Å². The first-order valence-electron chi connectivity index (χ1n) is 11.3. The lowest BCUT2D eigenvalue weighted by Crippen LogP contribution is -2.33. The molecule has 33 heavy (non-hydrogen) atoms. The second-order valence-corrected chi connectivity index (χ2v) is 8.65. The Morgan fingerprint density at radius 3 is 2.06 bits per heavy atom. The molecule has 1 heterocycles. The minimum absolute atomic E-state index is 0.0672. The van der Waals surface area contributed by atoms with Crippen LogP contribution in [0.4, 0.5) is 0 Å². The number of nitrogens with zero attached hydrogens (tertiary/aromatic N) is 1. The lowest BCUT2D eigenvalue weighted by atomic mass is 9.69. The number of hydrogen-bond donors (Lipinski definition) is 1. The van der Waals surface area contributed by atoms with Crippen LogP contribution in [0.2, 0.25) is 0 Å². The molecule has 2 aromatic rings. The minimum Gasteiger partial charge on any atom is -0.493 e. The molecule has 0 bridgehead atoms. The van der Waals surface area contributed by atoms with Crippen molar-refractivity contribution in [2.75, 3.05) is 21.3 Å². The summed E-state index contributed by atoms with van der Waals surface area (Å²) >= 11 is 0. The highest BCUT2D eigenvalue weighted by atomic mass is 16.7. The molecule has 0 amide bonds. The van der Waals surface area contributed by atoms with Crippen LogP contribution < -0.4 is 29.4 Å². The van der Waals surface area contributed by atoms with Gasteiger partial charge in [-0.05, 0) is 55.0 Å². The second kappa shape index (κ2) is 10.7. The smallest absolute Gasteiger partial charge is 0.243 e. The van der Waals surface area contributed by atoms with E-state index in [-0.39, 0.29) is 18.2 Å². The number of rotatable bonds is 11. The van der Waals surface area contributed by atoms with E-state index in [1.165, 1.54) is 0 Å². The first kappa shape index (κ1) is 24.5. The van der Waals surface area contributed by atoms with Crippen molar-refractivity contribution in [1.82, 2.24) is 0 Å². The summed E-state index contributed by atoms with van der Waals surface area (Å²) in [6.07, 6.45) is 2.39. The lowest BCUT2D eigenvalue weighted by Gasteiger charge is -2.32. The van der Waals surface area contributed by atoms with Gasteiger partial charge in [-0.15, -0.1) is 0 Å². The highest BCUT2D eigenvalue weighted by molar-refractivity contribution is 5.56. The van der Waals surface area contributed by atoms with E-state index in [2.05, 4.69) is 19.9 Å². The summed E-state index contributed by atoms with van der Waals surface area (Å²) in [6, 6.07) is 13.9. The summed E-state index contributed by atoms with van der Waals surface area (Å²) in [6.45, 7) is 4.12. The molecular formula is C26H34N2O5. The van der Waals surface area contributed by atoms with E-state index < -0.39 is 5.41 Å². The Kier molecular flexibility index (Phi) is 7.93. The third kappa shape index (κ3) is 5.12. The van der Waals surface area contributed by atoms with Crippen LogP contribution in [0.15, 0.2) is 36.4 Å². The van der Waals surface area contributed by atoms with Crippen LogP contribution in [0, 0.1) is 17.2 Å². The zero-order valence-electron chi connectivity index (χ0n) is 20.1. The fraction of sp³-hybridized carbons (Fsp3) is 0.500. The monoisotopic (exact) mass is 454 g/mol. The number of nitriles is 1. The van der Waals surface area contributed by atoms with Gasteiger partial charge in [-0.2, -0.15) is 5.26 Å². The topological polar surface area (TPSA) is 96.0 Å². The SMILES string of the molecule is COc1cc(C(C#N)(CCCC(N)CC2Oc3ccccc3O2)C(C)C)cc(OC)c1OC. The standard InChI is InChI=1S/C26H34N2O5/c1-17(2)26(16-27,18-13-22(29-3)25(31-5)23(14-18)30-4)12-8-9-19(28)15-24-32-20-10-6-7-11-21(20)33-24/h6-7,10-11,13-14,17,19,24H,8-9,12,15,28H2,1-5H3. The molecule has 7 nitrogen and oxygen atoms in total. The van der Waals surface area contributed by atoms with Crippen LogP contribution in [0.3, 0.4) is 0 Å². The molecule has 0 fully saturated rings. The van der Waals surface area contributed by atoms with E-state index in [0.717, 1.165) is 29.9 Å². The molecule has 0 radical (unpaired) electrons. The largest absolute Gasteiger partial charge is 0.493 e. The number of para-hydroxylation sites is 2. The maximum Gasteiger partial charge on any atom is 0.243 e. The molecule has 1 aliphatic heterocycles. The molecule has 0 spiro atoms. The summed E-state index contributed by atoms with van der Waals surface area (Å²) in [4.78, 5) is 0. The van der Waals surface area contributed by atoms with Gasteiger partial charge in [0.15, 0.2) is 23.0 Å². The molecule has 0 aliphatic carbocycles. The number of methoxy groups -OCH3 is 3. The molecule has 1 aliphatic rings. The van der Waals surface area contributed by atoms with Crippen LogP contribution in [0.5, 0.6) is 28.7 Å². The van der Waals surface area contributed by atoms with E-state index in [0.29, 0.717) is 30.1 Å². The number of ether oxygens (including phenoxy) is 5. The van der Waals surface area contributed by atoms with Gasteiger partial charge in [0.25, 0.3) is 0 Å². The van der Waals surface area contributed by atoms with E-state index in [4.69, 9.17) is 29.4 Å². The third-order valence-corrected chi connectivity index (χ3v) is 6.37. The molecule has 2 N–H and O–H groups in total. The van der Waals surface area contributed by atoms with E-state index in [1.54, 1.807) is 21.3 Å². The van der Waals surface area contributed by atoms with Crippen molar-refractivity contribution in [3.63, 3.8) is 0 Å². The quantitative estimate of drug-likeness (QED) is 0.520. The van der Waals surface area contributed by atoms with Crippen molar-refractivity contribution in [3.05, 3.63) is 42.0 Å². The van der Waals surface area contributed by atoms with Gasteiger partial charge in [-0.3, -0.25) is 0 Å². The third-order valence-electron chi connectivity index (χ3n) is 6.37. The molecule has 2 aromatic carbocycles. The fourth-order valence-corrected chi connectivity index (χ4v) is 4.41. The van der Waals surface area contributed by atoms with Crippen molar-refractivity contribution in [2.24, 2.45) is 11.7 Å². The van der Waals surface area contributed by atoms with Gasteiger partial charge in [-0.25, -0.2) is 0 Å². The molecular weight excluding hydrogens is 420 g/mol. The van der Waals surface area contributed by atoms with Gasteiger partial charge >= 0.3 is 0 Å². The van der Waals surface area contributed by atoms with Crippen LogP contribution >= 0.6 is 0 Å². The van der Waals surface area contributed by atoms with Crippen molar-refractivity contribution in [1.29, 1.82) is 5.26 Å². The zero-order valence-corrected chi connectivity index (χ0v) is 20.1. The van der Waals surface area contributed by atoms with Crippen molar-refractivity contribution in [3.8, 4) is 34.8 Å². The lowest BCUT2D eigenvalue weighted by molar-refractivity contribution is 0.0349. The summed E-state index contributed by atoms with van der Waals surface area (Å²) in [7, 11) is 4.72. The minimum atomic E-state index is -0.719. The van der Waals surface area contributed by atoms with Crippen LogP contribution in [0.1, 0.15) is 45.1 Å². The van der Waals surface area contributed by atoms with Crippen LogP contribution in [0.25, 0.3) is 0 Å². The average molecular weight is 455 g/mol. The van der Waals surface area contributed by atoms with Gasteiger partial charge in [0.1, 0.15) is 0 Å². The van der Waals surface area contributed by atoms with Crippen LogP contribution in [-0.4, -0.2) is 33.7 Å². The maximum absolute atomic E-state index is 10.3. The summed E-state index contributed by atoms with van der Waals surface area (Å²) in [5.41, 5.74) is 6.53. The highest BCUT2D eigenvalue weighted by Gasteiger charge is 2.37. The van der Waals surface area contributed by atoms with Gasteiger partial charge in [0, 0.05) is 12.5 Å². The number of benzene rings is 2. The summed E-state index contributed by atoms with van der Waals surface area (Å²) in [5, 5.41) is 10.3. The van der Waals surface area contributed by atoms with Crippen molar-refractivity contribution >= 4 is 0 Å². The summed E-state index contributed by atoms with van der Waals surface area (Å²) in [5.74, 6) is 3.16. The Labute approximate surface area is 196 Å². The Bertz CT molecular complexity index is 937. The Hall–Kier alpha value is -3.11. The predicted molar refractivity (Wildman–Crippen MR) is 126 cm³/mol. The van der Waals surface area contributed by atoms with Gasteiger partial charge in [-0.1, -0.05) is 26.0 Å². The molecule has 0 aromatic heterocycles. The predicted octanol–water partition coefficient (Wildman–Crippen LogP) is 4.81. The van der Waals surface area contributed by atoms with Crippen molar-refractivity contribution < 1.29 is 23.7 Å². The molecule has 3 rings (SSSR count). The second-order valence-electron chi connectivity index (χ2n) is 8.65. The Balaban J connectivity index is 1.69. The number of nitrogens with two attached hydrogens (primary N) is 1. The van der Waals surface area contributed by atoms with E-state index in [9.17, 15) is 5.26 Å². The Morgan fingerprint density at radius 2 is 1.61 bits per heavy atom. The molecule has 0 saturated heterocycles. The maximum atomic E-state index is 10.3. The number of hydrogen-bond acceptors (Lipinski definition) is 7. The zero-order chi connectivity index (χ0) is 24.0. The molecule has 2 unspecified atom stereocenters. The number of fused-ring (bicyclic) bond motifs is 1. The van der Waals surface area contributed by atoms with E-state index in [1.807, 2.05) is 36.4 Å². The normalized spacial score (nSPS) is 15.6. The summed E-state index contributed by atoms with van der Waals surface area (Å²) < 4.78 is 28.2. The molecule has 0 saturated carbocycles. The Morgan fingerprint density at radius 1 is 1.03 bits per heavy atom. The van der Waals surface area contributed by atoms with Gasteiger partial charge in [0.05, 0.1) is 32.8 Å². The van der Waals surface area contributed by atoms with Crippen LogP contribution in [-0.2, 0) is 5.41 Å². The molecule has 2 atom stereocenters. The van der Waals surface area contributed by atoms with Crippen molar-refractivity contribution in [2.45, 2.75) is 57.3 Å². The average Bonchev–Trinajstić information content (AvgIpc) is 3.22. The first-order chi connectivity index (χ1) is 15.9. The van der Waals surface area contributed by atoms with Gasteiger partial charge in [0.2, 0.25) is 12.0 Å². The molecule has 178 valence electrons. The fourth-order valence-electron chi connectivity index (χ4n) is 4.41. The van der Waals surface area contributed by atoms with E-state index >= 15 is 0 Å². The first-order valence-corrected chi connectivity index (χ1v) is 11.3. The highest BCUT2D eigenvalue weighted by Crippen LogP contribution is 2.45.